The molecule has 88 valence electrons. The fraction of sp³-hybridized carbons (Fsp3) is 0.400. The number of benzene rings is 1. The Labute approximate surface area is 88.8 Å². The van der Waals surface area contributed by atoms with Crippen LogP contribution in [0.4, 0.5) is 17.6 Å². The van der Waals surface area contributed by atoms with E-state index in [4.69, 9.17) is 9.47 Å². The van der Waals surface area contributed by atoms with Crippen molar-refractivity contribution in [1.29, 1.82) is 0 Å². The van der Waals surface area contributed by atoms with Gasteiger partial charge in [-0.25, -0.2) is 8.78 Å². The zero-order valence-electron chi connectivity index (χ0n) is 8.48. The van der Waals surface area contributed by atoms with Crippen molar-refractivity contribution in [2.45, 2.75) is 26.1 Å². The second-order valence-electron chi connectivity index (χ2n) is 3.56. The normalized spacial score (nSPS) is 23.4. The van der Waals surface area contributed by atoms with Gasteiger partial charge in [-0.3, -0.25) is 0 Å². The van der Waals surface area contributed by atoms with E-state index < -0.39 is 47.0 Å². The summed E-state index contributed by atoms with van der Waals surface area (Å²) in [4.78, 5) is 0. The van der Waals surface area contributed by atoms with Crippen LogP contribution in [0.1, 0.15) is 13.8 Å². The molecule has 0 saturated carbocycles. The Hall–Kier alpha value is -1.46. The molecular weight excluding hydrogens is 228 g/mol. The van der Waals surface area contributed by atoms with Crippen LogP contribution in [0, 0.1) is 23.3 Å². The van der Waals surface area contributed by atoms with Crippen molar-refractivity contribution in [3.63, 3.8) is 0 Å². The van der Waals surface area contributed by atoms with Crippen LogP contribution in [0.15, 0.2) is 0 Å². The van der Waals surface area contributed by atoms with Crippen molar-refractivity contribution in [2.24, 2.45) is 0 Å². The van der Waals surface area contributed by atoms with Crippen LogP contribution in [0.5, 0.6) is 11.5 Å². The standard InChI is InChI=1S/C10H8F4O2/c1-3-4(2)16-10-8(14)6(12)5(11)7(13)9(10)15-3/h3-4H,1-2H3. The van der Waals surface area contributed by atoms with Crippen molar-refractivity contribution < 1.29 is 27.0 Å². The van der Waals surface area contributed by atoms with Gasteiger partial charge >= 0.3 is 0 Å². The summed E-state index contributed by atoms with van der Waals surface area (Å²) in [5, 5.41) is 0. The smallest absolute Gasteiger partial charge is 0.207 e. The molecule has 1 aromatic rings. The maximum Gasteiger partial charge on any atom is 0.207 e. The second kappa shape index (κ2) is 3.54. The van der Waals surface area contributed by atoms with Crippen LogP contribution >= 0.6 is 0 Å². The van der Waals surface area contributed by atoms with E-state index in [-0.39, 0.29) is 0 Å². The first kappa shape index (κ1) is 11.0. The highest BCUT2D eigenvalue weighted by Gasteiger charge is 2.34. The zero-order chi connectivity index (χ0) is 12.0. The molecule has 2 nitrogen and oxygen atoms in total. The molecule has 0 radical (unpaired) electrons. The first-order chi connectivity index (χ1) is 7.43. The van der Waals surface area contributed by atoms with Crippen LogP contribution in [0.2, 0.25) is 0 Å². The molecule has 0 aromatic heterocycles. The number of rotatable bonds is 0. The summed E-state index contributed by atoms with van der Waals surface area (Å²) in [6.45, 7) is 3.10. The van der Waals surface area contributed by atoms with Crippen molar-refractivity contribution in [2.75, 3.05) is 0 Å². The van der Waals surface area contributed by atoms with Crippen LogP contribution in [-0.4, -0.2) is 12.2 Å². The summed E-state index contributed by atoms with van der Waals surface area (Å²) >= 11 is 0. The third-order valence-corrected chi connectivity index (χ3v) is 2.45. The van der Waals surface area contributed by atoms with Crippen LogP contribution < -0.4 is 9.47 Å². The molecule has 0 fully saturated rings. The molecule has 2 unspecified atom stereocenters. The highest BCUT2D eigenvalue weighted by atomic mass is 19.2. The Bertz CT molecular complexity index is 406. The van der Waals surface area contributed by atoms with Crippen LogP contribution in [0.25, 0.3) is 0 Å². The maximum absolute atomic E-state index is 13.2. The number of ether oxygens (including phenoxy) is 2. The molecule has 16 heavy (non-hydrogen) atoms. The molecule has 0 aliphatic carbocycles. The third kappa shape index (κ3) is 1.40. The van der Waals surface area contributed by atoms with Gasteiger partial charge in [0, 0.05) is 0 Å². The molecule has 1 heterocycles. The zero-order valence-corrected chi connectivity index (χ0v) is 8.48. The van der Waals surface area contributed by atoms with Gasteiger partial charge in [0.2, 0.25) is 34.8 Å². The monoisotopic (exact) mass is 236 g/mol. The summed E-state index contributed by atoms with van der Waals surface area (Å²) in [7, 11) is 0. The molecule has 0 spiro atoms. The second-order valence-corrected chi connectivity index (χ2v) is 3.56. The Kier molecular flexibility index (Phi) is 2.44. The van der Waals surface area contributed by atoms with E-state index in [0.717, 1.165) is 0 Å². The molecule has 1 aliphatic rings. The SMILES string of the molecule is CC1Oc2c(F)c(F)c(F)c(F)c2OC1C. The van der Waals surface area contributed by atoms with E-state index in [0.29, 0.717) is 0 Å². The lowest BCUT2D eigenvalue weighted by atomic mass is 10.2. The Morgan fingerprint density at radius 2 is 1.00 bits per heavy atom. The van der Waals surface area contributed by atoms with Crippen molar-refractivity contribution in [3.05, 3.63) is 23.3 Å². The van der Waals surface area contributed by atoms with Crippen LogP contribution in [0.3, 0.4) is 0 Å². The number of hydrogen-bond donors (Lipinski definition) is 0. The Morgan fingerprint density at radius 1 is 0.688 bits per heavy atom. The topological polar surface area (TPSA) is 18.5 Å². The summed E-state index contributed by atoms with van der Waals surface area (Å²) in [6.07, 6.45) is -1.16. The summed E-state index contributed by atoms with van der Waals surface area (Å²) < 4.78 is 62.1. The lowest BCUT2D eigenvalue weighted by Crippen LogP contribution is -2.36. The van der Waals surface area contributed by atoms with E-state index >= 15 is 0 Å². The van der Waals surface area contributed by atoms with Gasteiger partial charge in [-0.15, -0.1) is 0 Å². The van der Waals surface area contributed by atoms with E-state index in [1.54, 1.807) is 13.8 Å². The minimum Gasteiger partial charge on any atom is -0.480 e. The predicted molar refractivity (Wildman–Crippen MR) is 46.5 cm³/mol. The third-order valence-electron chi connectivity index (χ3n) is 2.45. The molecule has 0 bridgehead atoms. The lowest BCUT2D eigenvalue weighted by Gasteiger charge is -2.30. The molecule has 0 N–H and O–H groups in total. The first-order valence-corrected chi connectivity index (χ1v) is 4.62. The molecule has 6 heteroatoms. The number of halogens is 4. The van der Waals surface area contributed by atoms with Gasteiger partial charge in [-0.2, -0.15) is 8.78 Å². The number of fused-ring (bicyclic) bond motifs is 1. The first-order valence-electron chi connectivity index (χ1n) is 4.62. The van der Waals surface area contributed by atoms with Gasteiger partial charge in [-0.1, -0.05) is 0 Å². The van der Waals surface area contributed by atoms with Gasteiger partial charge in [-0.05, 0) is 13.8 Å². The number of hydrogen-bond acceptors (Lipinski definition) is 2. The van der Waals surface area contributed by atoms with Crippen molar-refractivity contribution in [3.8, 4) is 11.5 Å². The van der Waals surface area contributed by atoms with Gasteiger partial charge in [0.05, 0.1) is 0 Å². The van der Waals surface area contributed by atoms with E-state index in [9.17, 15) is 17.6 Å². The highest BCUT2D eigenvalue weighted by molar-refractivity contribution is 5.45. The minimum atomic E-state index is -1.90. The molecular formula is C10H8F4O2. The van der Waals surface area contributed by atoms with Gasteiger partial charge in [0.15, 0.2) is 0 Å². The predicted octanol–water partition coefficient (Wildman–Crippen LogP) is 2.79. The molecule has 2 rings (SSSR count). The highest BCUT2D eigenvalue weighted by Crippen LogP contribution is 2.41. The lowest BCUT2D eigenvalue weighted by molar-refractivity contribution is 0.0325. The van der Waals surface area contributed by atoms with Crippen LogP contribution in [-0.2, 0) is 0 Å². The molecule has 1 aliphatic heterocycles. The molecule has 1 aromatic carbocycles. The molecule has 0 amide bonds. The quantitative estimate of drug-likeness (QED) is 0.391. The molecule has 2 atom stereocenters. The fourth-order valence-corrected chi connectivity index (χ4v) is 1.37. The van der Waals surface area contributed by atoms with E-state index in [2.05, 4.69) is 0 Å². The van der Waals surface area contributed by atoms with Gasteiger partial charge in [0.1, 0.15) is 12.2 Å². The fourth-order valence-electron chi connectivity index (χ4n) is 1.37. The van der Waals surface area contributed by atoms with E-state index in [1.807, 2.05) is 0 Å². The van der Waals surface area contributed by atoms with E-state index in [1.165, 1.54) is 0 Å². The largest absolute Gasteiger partial charge is 0.480 e. The van der Waals surface area contributed by atoms with Gasteiger partial charge in [0.25, 0.3) is 0 Å². The van der Waals surface area contributed by atoms with Gasteiger partial charge < -0.3 is 9.47 Å². The average Bonchev–Trinajstić information content (AvgIpc) is 2.26. The maximum atomic E-state index is 13.2. The van der Waals surface area contributed by atoms with Crippen molar-refractivity contribution >= 4 is 0 Å². The minimum absolute atomic E-state index is 0.578. The average molecular weight is 236 g/mol. The Morgan fingerprint density at radius 3 is 1.31 bits per heavy atom. The Balaban J connectivity index is 2.64. The van der Waals surface area contributed by atoms with Crippen molar-refractivity contribution in [1.82, 2.24) is 0 Å². The summed E-state index contributed by atoms with van der Waals surface area (Å²) in [5.74, 6) is -8.40. The summed E-state index contributed by atoms with van der Waals surface area (Å²) in [5.41, 5.74) is 0. The molecule has 0 saturated heterocycles. The summed E-state index contributed by atoms with van der Waals surface area (Å²) in [6, 6.07) is 0.